The van der Waals surface area contributed by atoms with Crippen LogP contribution in [-0.4, -0.2) is 29.6 Å². The van der Waals surface area contributed by atoms with E-state index in [2.05, 4.69) is 5.32 Å². The molecule has 0 fully saturated rings. The third-order valence-corrected chi connectivity index (χ3v) is 2.75. The van der Waals surface area contributed by atoms with E-state index in [0.29, 0.717) is 6.42 Å². The lowest BCUT2D eigenvalue weighted by Crippen LogP contribution is -2.36. The van der Waals surface area contributed by atoms with Crippen molar-refractivity contribution in [1.29, 1.82) is 0 Å². The number of nitrogens with one attached hydrogen (secondary N) is 1. The fourth-order valence-corrected chi connectivity index (χ4v) is 1.69. The molecule has 0 saturated carbocycles. The smallest absolute Gasteiger partial charge is 0.303 e. The molecule has 0 heterocycles. The SMILES string of the molecule is CC(CCC(=O)O)NC(=O)COc1ccc(F)cc1Cl. The first kappa shape index (κ1) is 16.2. The van der Waals surface area contributed by atoms with Gasteiger partial charge in [-0.25, -0.2) is 4.39 Å². The first-order valence-electron chi connectivity index (χ1n) is 5.97. The summed E-state index contributed by atoms with van der Waals surface area (Å²) in [5.74, 6) is -1.60. The largest absolute Gasteiger partial charge is 0.482 e. The van der Waals surface area contributed by atoms with Crippen molar-refractivity contribution in [1.82, 2.24) is 5.32 Å². The van der Waals surface area contributed by atoms with Gasteiger partial charge >= 0.3 is 5.97 Å². The van der Waals surface area contributed by atoms with E-state index in [1.807, 2.05) is 0 Å². The highest BCUT2D eigenvalue weighted by Crippen LogP contribution is 2.24. The highest BCUT2D eigenvalue weighted by molar-refractivity contribution is 6.32. The average molecular weight is 304 g/mol. The van der Waals surface area contributed by atoms with Crippen molar-refractivity contribution in [3.63, 3.8) is 0 Å². The minimum atomic E-state index is -0.916. The molecule has 0 bridgehead atoms. The van der Waals surface area contributed by atoms with Gasteiger partial charge in [0.25, 0.3) is 5.91 Å². The van der Waals surface area contributed by atoms with Crippen molar-refractivity contribution >= 4 is 23.5 Å². The molecule has 0 aliphatic carbocycles. The van der Waals surface area contributed by atoms with Crippen LogP contribution in [0, 0.1) is 5.82 Å². The van der Waals surface area contributed by atoms with E-state index in [4.69, 9.17) is 21.4 Å². The summed E-state index contributed by atoms with van der Waals surface area (Å²) in [6.07, 6.45) is 0.310. The highest BCUT2D eigenvalue weighted by Gasteiger charge is 2.11. The second kappa shape index (κ2) is 7.69. The second-order valence-corrected chi connectivity index (χ2v) is 4.67. The molecule has 5 nitrogen and oxygen atoms in total. The summed E-state index contributed by atoms with van der Waals surface area (Å²) < 4.78 is 18.0. The van der Waals surface area contributed by atoms with Crippen LogP contribution in [0.2, 0.25) is 5.02 Å². The first-order valence-corrected chi connectivity index (χ1v) is 6.35. The maximum absolute atomic E-state index is 12.8. The Kier molecular flexibility index (Phi) is 6.24. The molecular formula is C13H15ClFNO4. The van der Waals surface area contributed by atoms with Gasteiger partial charge in [0.2, 0.25) is 0 Å². The molecule has 7 heteroatoms. The van der Waals surface area contributed by atoms with Crippen LogP contribution in [0.15, 0.2) is 18.2 Å². The van der Waals surface area contributed by atoms with Crippen molar-refractivity contribution in [2.75, 3.05) is 6.61 Å². The Hall–Kier alpha value is -1.82. The van der Waals surface area contributed by atoms with Crippen LogP contribution in [0.3, 0.4) is 0 Å². The van der Waals surface area contributed by atoms with E-state index in [1.54, 1.807) is 6.92 Å². The molecule has 1 unspecified atom stereocenters. The molecule has 20 heavy (non-hydrogen) atoms. The van der Waals surface area contributed by atoms with Crippen LogP contribution in [-0.2, 0) is 9.59 Å². The zero-order valence-electron chi connectivity index (χ0n) is 10.9. The van der Waals surface area contributed by atoms with Gasteiger partial charge in [0.1, 0.15) is 11.6 Å². The monoisotopic (exact) mass is 303 g/mol. The van der Waals surface area contributed by atoms with E-state index in [0.717, 1.165) is 6.07 Å². The van der Waals surface area contributed by atoms with Gasteiger partial charge in [-0.2, -0.15) is 0 Å². The van der Waals surface area contributed by atoms with Crippen LogP contribution in [0.25, 0.3) is 0 Å². The summed E-state index contributed by atoms with van der Waals surface area (Å²) in [6.45, 7) is 1.43. The summed E-state index contributed by atoms with van der Waals surface area (Å²) in [5.41, 5.74) is 0. The zero-order chi connectivity index (χ0) is 15.1. The van der Waals surface area contributed by atoms with E-state index in [-0.39, 0.29) is 29.8 Å². The Balaban J connectivity index is 2.37. The maximum atomic E-state index is 12.8. The van der Waals surface area contributed by atoms with Crippen molar-refractivity contribution in [2.45, 2.75) is 25.8 Å². The highest BCUT2D eigenvalue weighted by atomic mass is 35.5. The van der Waals surface area contributed by atoms with Crippen LogP contribution >= 0.6 is 11.6 Å². The number of ether oxygens (including phenoxy) is 1. The Labute approximate surface area is 120 Å². The van der Waals surface area contributed by atoms with Crippen molar-refractivity contribution < 1.29 is 23.8 Å². The van der Waals surface area contributed by atoms with Gasteiger partial charge in [0.15, 0.2) is 6.61 Å². The summed E-state index contributed by atoms with van der Waals surface area (Å²) >= 11 is 5.74. The third-order valence-electron chi connectivity index (χ3n) is 2.45. The Morgan fingerprint density at radius 1 is 1.50 bits per heavy atom. The molecule has 1 atom stereocenters. The number of carbonyl (C=O) groups is 2. The van der Waals surface area contributed by atoms with E-state index < -0.39 is 17.7 Å². The number of carbonyl (C=O) groups excluding carboxylic acids is 1. The number of carboxylic acids is 1. The second-order valence-electron chi connectivity index (χ2n) is 4.26. The number of aliphatic carboxylic acids is 1. The molecule has 0 aromatic heterocycles. The van der Waals surface area contributed by atoms with Crippen molar-refractivity contribution in [2.24, 2.45) is 0 Å². The predicted octanol–water partition coefficient (Wildman–Crippen LogP) is 2.23. The number of benzene rings is 1. The number of rotatable bonds is 7. The van der Waals surface area contributed by atoms with Gasteiger partial charge in [-0.05, 0) is 31.5 Å². The van der Waals surface area contributed by atoms with Crippen LogP contribution in [0.5, 0.6) is 5.75 Å². The minimum Gasteiger partial charge on any atom is -0.482 e. The lowest BCUT2D eigenvalue weighted by atomic mass is 10.2. The van der Waals surface area contributed by atoms with Gasteiger partial charge in [-0.15, -0.1) is 0 Å². The predicted molar refractivity (Wildman–Crippen MR) is 71.4 cm³/mol. The summed E-state index contributed by atoms with van der Waals surface area (Å²) in [4.78, 5) is 21.9. The van der Waals surface area contributed by atoms with Gasteiger partial charge in [-0.1, -0.05) is 11.6 Å². The molecule has 0 radical (unpaired) electrons. The van der Waals surface area contributed by atoms with Gasteiger partial charge in [0, 0.05) is 12.5 Å². The van der Waals surface area contributed by atoms with E-state index in [9.17, 15) is 14.0 Å². The molecule has 0 spiro atoms. The molecule has 1 aromatic carbocycles. The first-order chi connectivity index (χ1) is 9.38. The maximum Gasteiger partial charge on any atom is 0.303 e. The fraction of sp³-hybridized carbons (Fsp3) is 0.385. The van der Waals surface area contributed by atoms with Crippen LogP contribution in [0.1, 0.15) is 19.8 Å². The summed E-state index contributed by atoms with van der Waals surface area (Å²) in [6, 6.07) is 3.32. The van der Waals surface area contributed by atoms with Gasteiger partial charge in [-0.3, -0.25) is 9.59 Å². The molecule has 110 valence electrons. The Morgan fingerprint density at radius 3 is 2.80 bits per heavy atom. The number of amides is 1. The molecule has 0 aliphatic rings. The zero-order valence-corrected chi connectivity index (χ0v) is 11.6. The molecule has 0 saturated heterocycles. The summed E-state index contributed by atoms with van der Waals surface area (Å²) in [5, 5.41) is 11.2. The van der Waals surface area contributed by atoms with Gasteiger partial charge < -0.3 is 15.2 Å². The Bertz CT molecular complexity index is 495. The topological polar surface area (TPSA) is 75.6 Å². The van der Waals surface area contributed by atoms with E-state index >= 15 is 0 Å². The standard InChI is InChI=1S/C13H15ClFNO4/c1-8(2-5-13(18)19)16-12(17)7-20-11-4-3-9(15)6-10(11)14/h3-4,6,8H,2,5,7H2,1H3,(H,16,17)(H,18,19). The molecule has 1 rings (SSSR count). The van der Waals surface area contributed by atoms with Crippen molar-refractivity contribution in [3.8, 4) is 5.75 Å². The number of carboxylic acid groups (broad SMARTS) is 1. The number of hydrogen-bond donors (Lipinski definition) is 2. The quantitative estimate of drug-likeness (QED) is 0.810. The molecule has 1 amide bonds. The van der Waals surface area contributed by atoms with E-state index in [1.165, 1.54) is 12.1 Å². The molecule has 0 aliphatic heterocycles. The fourth-order valence-electron chi connectivity index (χ4n) is 1.46. The lowest BCUT2D eigenvalue weighted by Gasteiger charge is -2.13. The molecular weight excluding hydrogens is 289 g/mol. The lowest BCUT2D eigenvalue weighted by molar-refractivity contribution is -0.137. The average Bonchev–Trinajstić information content (AvgIpc) is 2.35. The number of halogens is 2. The van der Waals surface area contributed by atoms with Crippen LogP contribution in [0.4, 0.5) is 4.39 Å². The third kappa shape index (κ3) is 5.88. The number of hydrogen-bond acceptors (Lipinski definition) is 3. The van der Waals surface area contributed by atoms with Crippen molar-refractivity contribution in [3.05, 3.63) is 29.0 Å². The minimum absolute atomic E-state index is 0.0217. The molecule has 1 aromatic rings. The summed E-state index contributed by atoms with van der Waals surface area (Å²) in [7, 11) is 0. The Morgan fingerprint density at radius 2 is 2.20 bits per heavy atom. The van der Waals surface area contributed by atoms with Crippen LogP contribution < -0.4 is 10.1 Å². The van der Waals surface area contributed by atoms with Gasteiger partial charge in [0.05, 0.1) is 5.02 Å². The molecule has 2 N–H and O–H groups in total. The normalized spacial score (nSPS) is 11.8.